The molecule has 0 bridgehead atoms. The Morgan fingerprint density at radius 3 is 2.67 bits per heavy atom. The average Bonchev–Trinajstić information content (AvgIpc) is 2.98. The Morgan fingerprint density at radius 2 is 2.14 bits per heavy atom. The maximum Gasteiger partial charge on any atom is 0.371 e. The fourth-order valence-electron chi connectivity index (χ4n) is 1.78. The molecule has 8 heteroatoms. The molecule has 2 heterocycles. The standard InChI is InChI=1S/C13H15N3O4S/c1-7-12(8(2)16(3)15-7)14-10(17)6-21-11-5-4-9(20-11)13(18)19/h4-5H,6H2,1-3H3,(H,14,17)(H,18,19). The van der Waals surface area contributed by atoms with Gasteiger partial charge in [-0.25, -0.2) is 4.79 Å². The zero-order chi connectivity index (χ0) is 15.6. The third kappa shape index (κ3) is 3.46. The van der Waals surface area contributed by atoms with Gasteiger partial charge >= 0.3 is 5.97 Å². The highest BCUT2D eigenvalue weighted by molar-refractivity contribution is 7.99. The lowest BCUT2D eigenvalue weighted by molar-refractivity contribution is -0.113. The second-order valence-electron chi connectivity index (χ2n) is 4.43. The predicted molar refractivity (Wildman–Crippen MR) is 77.7 cm³/mol. The Hall–Kier alpha value is -2.22. The van der Waals surface area contributed by atoms with E-state index < -0.39 is 5.97 Å². The van der Waals surface area contributed by atoms with Crippen LogP contribution in [0.25, 0.3) is 0 Å². The van der Waals surface area contributed by atoms with Crippen molar-refractivity contribution in [2.24, 2.45) is 7.05 Å². The molecule has 0 aliphatic rings. The number of aromatic carboxylic acids is 1. The van der Waals surface area contributed by atoms with Gasteiger partial charge in [-0.05, 0) is 26.0 Å². The lowest BCUT2D eigenvalue weighted by Gasteiger charge is -2.04. The van der Waals surface area contributed by atoms with E-state index in [1.807, 2.05) is 20.9 Å². The molecular formula is C13H15N3O4S. The summed E-state index contributed by atoms with van der Waals surface area (Å²) in [6, 6.07) is 2.89. The Balaban J connectivity index is 1.94. The molecule has 7 nitrogen and oxygen atoms in total. The van der Waals surface area contributed by atoms with Gasteiger partial charge in [0.15, 0.2) is 5.09 Å². The Kier molecular flexibility index (Phi) is 4.37. The average molecular weight is 309 g/mol. The van der Waals surface area contributed by atoms with Crippen LogP contribution < -0.4 is 5.32 Å². The number of aromatic nitrogens is 2. The number of carboxylic acid groups (broad SMARTS) is 1. The summed E-state index contributed by atoms with van der Waals surface area (Å²) >= 11 is 1.14. The van der Waals surface area contributed by atoms with Gasteiger partial charge in [0.2, 0.25) is 11.7 Å². The van der Waals surface area contributed by atoms with Crippen LogP contribution in [0.1, 0.15) is 21.9 Å². The van der Waals surface area contributed by atoms with Crippen molar-refractivity contribution in [2.75, 3.05) is 11.1 Å². The van der Waals surface area contributed by atoms with E-state index in [2.05, 4.69) is 10.4 Å². The minimum Gasteiger partial charge on any atom is -0.475 e. The van der Waals surface area contributed by atoms with Gasteiger partial charge in [0.05, 0.1) is 22.8 Å². The number of nitrogens with one attached hydrogen (secondary N) is 1. The van der Waals surface area contributed by atoms with E-state index in [0.717, 1.165) is 23.1 Å². The molecule has 0 aromatic carbocycles. The number of thioether (sulfide) groups is 1. The first kappa shape index (κ1) is 15.2. The summed E-state index contributed by atoms with van der Waals surface area (Å²) < 4.78 is 6.76. The number of anilines is 1. The molecule has 1 amide bonds. The van der Waals surface area contributed by atoms with Gasteiger partial charge in [-0.3, -0.25) is 9.48 Å². The first-order valence-corrected chi connectivity index (χ1v) is 7.13. The van der Waals surface area contributed by atoms with Crippen LogP contribution in [0.3, 0.4) is 0 Å². The zero-order valence-electron chi connectivity index (χ0n) is 11.8. The van der Waals surface area contributed by atoms with Crippen LogP contribution in [-0.4, -0.2) is 32.5 Å². The number of nitrogens with zero attached hydrogens (tertiary/aromatic N) is 2. The van der Waals surface area contributed by atoms with Crippen LogP contribution in [0.2, 0.25) is 0 Å². The van der Waals surface area contributed by atoms with Gasteiger partial charge in [-0.2, -0.15) is 5.10 Å². The van der Waals surface area contributed by atoms with E-state index in [1.165, 1.54) is 12.1 Å². The molecular weight excluding hydrogens is 294 g/mol. The summed E-state index contributed by atoms with van der Waals surface area (Å²) in [5.74, 6) is -1.35. The molecule has 0 aliphatic carbocycles. The molecule has 2 aromatic heterocycles. The molecule has 112 valence electrons. The largest absolute Gasteiger partial charge is 0.475 e. The predicted octanol–water partition coefficient (Wildman–Crippen LogP) is 2.06. The Morgan fingerprint density at radius 1 is 1.43 bits per heavy atom. The second kappa shape index (κ2) is 6.04. The topological polar surface area (TPSA) is 97.4 Å². The first-order valence-electron chi connectivity index (χ1n) is 6.14. The Labute approximate surface area is 125 Å². The van der Waals surface area contributed by atoms with Crippen LogP contribution in [-0.2, 0) is 11.8 Å². The molecule has 0 saturated carbocycles. The molecule has 21 heavy (non-hydrogen) atoms. The summed E-state index contributed by atoms with van der Waals surface area (Å²) in [5, 5.41) is 16.1. The van der Waals surface area contributed by atoms with Crippen molar-refractivity contribution >= 4 is 29.3 Å². The highest BCUT2D eigenvalue weighted by Gasteiger charge is 2.14. The molecule has 0 saturated heterocycles. The molecule has 0 aliphatic heterocycles. The third-order valence-corrected chi connectivity index (χ3v) is 3.82. The van der Waals surface area contributed by atoms with Gasteiger partial charge < -0.3 is 14.8 Å². The zero-order valence-corrected chi connectivity index (χ0v) is 12.7. The molecule has 2 aromatic rings. The van der Waals surface area contributed by atoms with Crippen LogP contribution in [0.4, 0.5) is 5.69 Å². The summed E-state index contributed by atoms with van der Waals surface area (Å²) in [6.07, 6.45) is 0. The van der Waals surface area contributed by atoms with Gasteiger partial charge in [0.1, 0.15) is 0 Å². The van der Waals surface area contributed by atoms with Crippen molar-refractivity contribution < 1.29 is 19.1 Å². The Bertz CT molecular complexity index is 690. The van der Waals surface area contributed by atoms with Gasteiger partial charge in [-0.1, -0.05) is 11.8 Å². The normalized spacial score (nSPS) is 10.6. The highest BCUT2D eigenvalue weighted by Crippen LogP contribution is 2.22. The monoisotopic (exact) mass is 309 g/mol. The van der Waals surface area contributed by atoms with Gasteiger partial charge in [0.25, 0.3) is 0 Å². The number of furan rings is 1. The van der Waals surface area contributed by atoms with E-state index in [-0.39, 0.29) is 17.4 Å². The van der Waals surface area contributed by atoms with Crippen LogP contribution >= 0.6 is 11.8 Å². The molecule has 0 unspecified atom stereocenters. The molecule has 0 spiro atoms. The summed E-state index contributed by atoms with van der Waals surface area (Å²) in [5.41, 5.74) is 2.32. The number of hydrogen-bond acceptors (Lipinski definition) is 5. The van der Waals surface area contributed by atoms with Crippen molar-refractivity contribution in [1.82, 2.24) is 9.78 Å². The highest BCUT2D eigenvalue weighted by atomic mass is 32.2. The van der Waals surface area contributed by atoms with Gasteiger partial charge in [-0.15, -0.1) is 0 Å². The van der Waals surface area contributed by atoms with E-state index in [9.17, 15) is 9.59 Å². The summed E-state index contributed by atoms with van der Waals surface area (Å²) in [7, 11) is 1.81. The van der Waals surface area contributed by atoms with Crippen LogP contribution in [0.5, 0.6) is 0 Å². The smallest absolute Gasteiger partial charge is 0.371 e. The van der Waals surface area contributed by atoms with Crippen molar-refractivity contribution in [3.05, 3.63) is 29.3 Å². The van der Waals surface area contributed by atoms with E-state index in [4.69, 9.17) is 9.52 Å². The molecule has 2 rings (SSSR count). The van der Waals surface area contributed by atoms with Crippen molar-refractivity contribution in [2.45, 2.75) is 18.9 Å². The maximum atomic E-state index is 11.9. The van der Waals surface area contributed by atoms with E-state index in [1.54, 1.807) is 4.68 Å². The quantitative estimate of drug-likeness (QED) is 0.820. The number of carbonyl (C=O) groups is 2. The van der Waals surface area contributed by atoms with Crippen molar-refractivity contribution in [3.63, 3.8) is 0 Å². The SMILES string of the molecule is Cc1nn(C)c(C)c1NC(=O)CSc1ccc(C(=O)O)o1. The van der Waals surface area contributed by atoms with E-state index in [0.29, 0.717) is 10.8 Å². The number of carboxylic acids is 1. The minimum absolute atomic E-state index is 0.125. The lowest BCUT2D eigenvalue weighted by Crippen LogP contribution is -2.15. The van der Waals surface area contributed by atoms with Crippen LogP contribution in [0.15, 0.2) is 21.6 Å². The number of carbonyl (C=O) groups excluding carboxylic acids is 1. The van der Waals surface area contributed by atoms with E-state index >= 15 is 0 Å². The molecule has 0 fully saturated rings. The first-order chi connectivity index (χ1) is 9.88. The number of aryl methyl sites for hydroxylation is 2. The molecule has 0 atom stereocenters. The number of hydrogen-bond donors (Lipinski definition) is 2. The van der Waals surface area contributed by atoms with Gasteiger partial charge in [0, 0.05) is 7.05 Å². The fourth-order valence-corrected chi connectivity index (χ4v) is 2.44. The minimum atomic E-state index is -1.13. The molecule has 2 N–H and O–H groups in total. The summed E-state index contributed by atoms with van der Waals surface area (Å²) in [6.45, 7) is 3.69. The van der Waals surface area contributed by atoms with Crippen LogP contribution in [0, 0.1) is 13.8 Å². The summed E-state index contributed by atoms with van der Waals surface area (Å²) in [4.78, 5) is 22.6. The third-order valence-electron chi connectivity index (χ3n) is 2.91. The number of amides is 1. The molecule has 0 radical (unpaired) electrons. The second-order valence-corrected chi connectivity index (χ2v) is 5.41. The number of rotatable bonds is 5. The fraction of sp³-hybridized carbons (Fsp3) is 0.308. The lowest BCUT2D eigenvalue weighted by atomic mass is 10.3. The van der Waals surface area contributed by atoms with Crippen molar-refractivity contribution in [3.8, 4) is 0 Å². The maximum absolute atomic E-state index is 11.9. The van der Waals surface area contributed by atoms with Crippen molar-refractivity contribution in [1.29, 1.82) is 0 Å².